The van der Waals surface area contributed by atoms with Crippen LogP contribution < -0.4 is 16.1 Å². The minimum atomic E-state index is -1.53. The largest absolute Gasteiger partial charge is 0.545 e. The smallest absolute Gasteiger partial charge is 0.103 e. The second kappa shape index (κ2) is 3.30. The Morgan fingerprint density at radius 3 is 2.54 bits per heavy atom. The number of carboxylic acids is 1. The monoisotopic (exact) mass is 183 g/mol. The van der Waals surface area contributed by atoms with Crippen LogP contribution in [-0.2, 0) is 0 Å². The molecule has 6 heteroatoms. The van der Waals surface area contributed by atoms with Gasteiger partial charge >= 0.3 is 0 Å². The summed E-state index contributed by atoms with van der Waals surface area (Å²) in [4.78, 5) is 10.5. The number of aromatic carboxylic acids is 1. The molecule has 70 valence electrons. The van der Waals surface area contributed by atoms with E-state index in [0.29, 0.717) is 0 Å². The summed E-state index contributed by atoms with van der Waals surface area (Å²) in [5.74, 6) is -1.53. The molecule has 0 amide bonds. The fourth-order valence-electron chi connectivity index (χ4n) is 0.892. The van der Waals surface area contributed by atoms with Gasteiger partial charge in [0.2, 0.25) is 0 Å². The number of hydrogen-bond acceptors (Lipinski definition) is 6. The van der Waals surface area contributed by atoms with E-state index in [9.17, 15) is 9.90 Å². The minimum absolute atomic E-state index is 0.199. The number of nitrogen functional groups attached to an aromatic ring is 1. The fourth-order valence-corrected chi connectivity index (χ4v) is 0.892. The molecule has 4 N–H and O–H groups in total. The van der Waals surface area contributed by atoms with Crippen molar-refractivity contribution in [2.45, 2.75) is 0 Å². The Morgan fingerprint density at radius 2 is 2.08 bits per heavy atom. The van der Waals surface area contributed by atoms with Gasteiger partial charge in [0.15, 0.2) is 0 Å². The van der Waals surface area contributed by atoms with Crippen molar-refractivity contribution in [2.75, 3.05) is 11.0 Å². The first kappa shape index (κ1) is 9.30. The molecule has 1 aromatic carbocycles. The molecule has 0 aromatic heterocycles. The zero-order chi connectivity index (χ0) is 10.0. The van der Waals surface area contributed by atoms with E-state index in [4.69, 9.17) is 16.1 Å². The Hall–Kier alpha value is -1.79. The van der Waals surface area contributed by atoms with Gasteiger partial charge < -0.3 is 15.6 Å². The summed E-state index contributed by atoms with van der Waals surface area (Å²) in [6.45, 7) is 0. The number of nitrogens with zero attached hydrogens (tertiary/aromatic N) is 1. The maximum atomic E-state index is 10.5. The third kappa shape index (κ3) is 1.86. The van der Waals surface area contributed by atoms with E-state index in [1.807, 2.05) is 0 Å². The van der Waals surface area contributed by atoms with Crippen molar-refractivity contribution >= 4 is 17.3 Å². The molecule has 0 fully saturated rings. The van der Waals surface area contributed by atoms with E-state index in [2.05, 4.69) is 0 Å². The van der Waals surface area contributed by atoms with Crippen LogP contribution in [0, 0.1) is 0 Å². The van der Waals surface area contributed by atoms with Gasteiger partial charge in [0, 0.05) is 11.3 Å². The second-order valence-corrected chi connectivity index (χ2v) is 2.35. The summed E-state index contributed by atoms with van der Waals surface area (Å²) in [5, 5.41) is 27.4. The molecule has 0 spiro atoms. The Balaban J connectivity index is 3.27. The molecule has 0 saturated carbocycles. The van der Waals surface area contributed by atoms with Crippen LogP contribution in [0.1, 0.15) is 10.4 Å². The van der Waals surface area contributed by atoms with Crippen molar-refractivity contribution in [3.05, 3.63) is 23.8 Å². The quantitative estimate of drug-likeness (QED) is 0.409. The highest BCUT2D eigenvalue weighted by molar-refractivity contribution is 5.93. The number of carboxylic acid groups (broad SMARTS) is 1. The van der Waals surface area contributed by atoms with Crippen LogP contribution in [0.25, 0.3) is 0 Å². The number of carbonyl (C=O) groups is 1. The van der Waals surface area contributed by atoms with Gasteiger partial charge in [-0.15, -0.1) is 5.23 Å². The molecule has 0 aliphatic carbocycles. The van der Waals surface area contributed by atoms with Gasteiger partial charge in [-0.1, -0.05) is 0 Å². The van der Waals surface area contributed by atoms with Gasteiger partial charge in [-0.2, -0.15) is 0 Å². The number of carbonyl (C=O) groups excluding carboxylic acids is 1. The topological polar surface area (TPSA) is 110 Å². The molecule has 0 aliphatic rings. The van der Waals surface area contributed by atoms with E-state index in [1.165, 1.54) is 6.07 Å². The first-order valence-electron chi connectivity index (χ1n) is 3.31. The standard InChI is InChI=1S/C7H8N2O4/c8-4-1-2-6(9(12)13)5(3-4)7(10)11/h1-3,12-13H,8H2,(H,10,11)/p-1. The lowest BCUT2D eigenvalue weighted by Crippen LogP contribution is -2.26. The van der Waals surface area contributed by atoms with Gasteiger partial charge in [-0.3, -0.25) is 10.4 Å². The third-order valence-corrected chi connectivity index (χ3v) is 1.46. The lowest BCUT2D eigenvalue weighted by molar-refractivity contribution is -0.255. The SMILES string of the molecule is Nc1ccc(N(O)O)c(C(=O)[O-])c1. The first-order chi connectivity index (χ1) is 6.02. The van der Waals surface area contributed by atoms with E-state index < -0.39 is 5.97 Å². The van der Waals surface area contributed by atoms with Gasteiger partial charge in [-0.25, -0.2) is 0 Å². The molecule has 0 atom stereocenters. The van der Waals surface area contributed by atoms with Gasteiger partial charge in [0.25, 0.3) is 0 Å². The highest BCUT2D eigenvalue weighted by Gasteiger charge is 2.08. The van der Waals surface area contributed by atoms with Crippen LogP contribution in [0.3, 0.4) is 0 Å². The lowest BCUT2D eigenvalue weighted by atomic mass is 10.1. The summed E-state index contributed by atoms with van der Waals surface area (Å²) in [7, 11) is 0. The highest BCUT2D eigenvalue weighted by atomic mass is 16.8. The van der Waals surface area contributed by atoms with Crippen LogP contribution in [0.15, 0.2) is 18.2 Å². The maximum Gasteiger partial charge on any atom is 0.103 e. The molecule has 0 saturated heterocycles. The zero-order valence-electron chi connectivity index (χ0n) is 6.47. The summed E-state index contributed by atoms with van der Waals surface area (Å²) < 4.78 is 0. The average molecular weight is 183 g/mol. The zero-order valence-corrected chi connectivity index (χ0v) is 6.47. The molecule has 1 aromatic rings. The van der Waals surface area contributed by atoms with Gasteiger partial charge in [0.1, 0.15) is 5.69 Å². The van der Waals surface area contributed by atoms with Crippen molar-refractivity contribution in [3.8, 4) is 0 Å². The molecule has 0 radical (unpaired) electrons. The van der Waals surface area contributed by atoms with E-state index in [0.717, 1.165) is 12.1 Å². The Kier molecular flexibility index (Phi) is 2.36. The molecule has 0 unspecified atom stereocenters. The Labute approximate surface area is 73.3 Å². The molecule has 13 heavy (non-hydrogen) atoms. The fraction of sp³-hybridized carbons (Fsp3) is 0. The number of anilines is 2. The van der Waals surface area contributed by atoms with Crippen molar-refractivity contribution in [2.24, 2.45) is 0 Å². The van der Waals surface area contributed by atoms with Crippen molar-refractivity contribution < 1.29 is 20.3 Å². The number of hydrogen-bond donors (Lipinski definition) is 3. The normalized spacial score (nSPS) is 9.69. The van der Waals surface area contributed by atoms with Crippen molar-refractivity contribution in [1.29, 1.82) is 0 Å². The average Bonchev–Trinajstić information content (AvgIpc) is 2.03. The number of nitrogens with two attached hydrogens (primary N) is 1. The van der Waals surface area contributed by atoms with Gasteiger partial charge in [-0.05, 0) is 18.2 Å². The minimum Gasteiger partial charge on any atom is -0.545 e. The van der Waals surface area contributed by atoms with E-state index in [1.54, 1.807) is 0 Å². The third-order valence-electron chi connectivity index (χ3n) is 1.46. The first-order valence-corrected chi connectivity index (χ1v) is 3.31. The van der Waals surface area contributed by atoms with Crippen LogP contribution in [-0.4, -0.2) is 16.4 Å². The van der Waals surface area contributed by atoms with Crippen LogP contribution >= 0.6 is 0 Å². The van der Waals surface area contributed by atoms with E-state index >= 15 is 0 Å². The van der Waals surface area contributed by atoms with Crippen LogP contribution in [0.2, 0.25) is 0 Å². The van der Waals surface area contributed by atoms with Crippen molar-refractivity contribution in [3.63, 3.8) is 0 Å². The number of rotatable bonds is 2. The summed E-state index contributed by atoms with van der Waals surface area (Å²) in [6, 6.07) is 3.56. The Bertz CT molecular complexity index is 337. The molecule has 0 heterocycles. The summed E-state index contributed by atoms with van der Waals surface area (Å²) >= 11 is 0. The molecular formula is C7H7N2O4-. The Morgan fingerprint density at radius 1 is 1.46 bits per heavy atom. The lowest BCUT2D eigenvalue weighted by Gasteiger charge is -2.14. The predicted octanol–water partition coefficient (Wildman–Crippen LogP) is -0.783. The van der Waals surface area contributed by atoms with Crippen molar-refractivity contribution in [1.82, 2.24) is 0 Å². The van der Waals surface area contributed by atoms with E-state index in [-0.39, 0.29) is 22.2 Å². The van der Waals surface area contributed by atoms with Crippen LogP contribution in [0.4, 0.5) is 11.4 Å². The maximum absolute atomic E-state index is 10.5. The molecule has 6 nitrogen and oxygen atoms in total. The molecule has 0 aliphatic heterocycles. The van der Waals surface area contributed by atoms with Crippen LogP contribution in [0.5, 0.6) is 0 Å². The number of benzene rings is 1. The molecular weight excluding hydrogens is 176 g/mol. The summed E-state index contributed by atoms with van der Waals surface area (Å²) in [5.41, 5.74) is 4.81. The molecule has 1 rings (SSSR count). The summed E-state index contributed by atoms with van der Waals surface area (Å²) in [6.07, 6.45) is 0. The second-order valence-electron chi connectivity index (χ2n) is 2.35. The molecule has 0 bridgehead atoms. The van der Waals surface area contributed by atoms with Gasteiger partial charge in [0.05, 0.1) is 5.97 Å². The predicted molar refractivity (Wildman–Crippen MR) is 41.2 cm³/mol. The highest BCUT2D eigenvalue weighted by Crippen LogP contribution is 2.20.